The van der Waals surface area contributed by atoms with E-state index in [4.69, 9.17) is 0 Å². The summed E-state index contributed by atoms with van der Waals surface area (Å²) in [6.45, 7) is 9.42. The number of hydrogen-bond donors (Lipinski definition) is 0. The highest BCUT2D eigenvalue weighted by atomic mass is 19.4. The largest absolute Gasteiger partial charge is 0.416 e. The molecule has 0 N–H and O–H groups in total. The Morgan fingerprint density at radius 2 is 1.95 bits per heavy atom. The molecule has 1 heterocycles. The Bertz CT molecular complexity index is 474. The second-order valence-corrected chi connectivity index (χ2v) is 7.19. The molecule has 0 bridgehead atoms. The maximum absolute atomic E-state index is 12.8. The van der Waals surface area contributed by atoms with Crippen molar-refractivity contribution in [3.63, 3.8) is 0 Å². The Labute approximate surface area is 125 Å². The van der Waals surface area contributed by atoms with Gasteiger partial charge in [0.05, 0.1) is 5.56 Å². The summed E-state index contributed by atoms with van der Waals surface area (Å²) in [5.41, 5.74) is 0.387. The lowest BCUT2D eigenvalue weighted by Crippen LogP contribution is -2.39. The lowest BCUT2D eigenvalue weighted by molar-refractivity contribution is -0.137. The first-order valence-corrected chi connectivity index (χ1v) is 7.46. The average molecular weight is 298 g/mol. The van der Waals surface area contributed by atoms with E-state index in [9.17, 15) is 13.2 Å². The van der Waals surface area contributed by atoms with Crippen LogP contribution in [0.1, 0.15) is 50.7 Å². The fourth-order valence-electron chi connectivity index (χ4n) is 3.03. The highest BCUT2D eigenvalue weighted by molar-refractivity contribution is 5.28. The van der Waals surface area contributed by atoms with Crippen molar-refractivity contribution >= 4 is 0 Å². The number of piperidine rings is 1. The molecule has 1 radical (unpaired) electrons. The molecule has 0 saturated carbocycles. The van der Waals surface area contributed by atoms with E-state index in [1.807, 2.05) is 0 Å². The summed E-state index contributed by atoms with van der Waals surface area (Å²) in [6, 6.07) is 6.69. The summed E-state index contributed by atoms with van der Waals surface area (Å²) in [5, 5.41) is 0. The molecular formula is C17H23F3N. The van der Waals surface area contributed by atoms with Crippen LogP contribution in [0.15, 0.2) is 18.2 Å². The Kier molecular flexibility index (Phi) is 4.66. The van der Waals surface area contributed by atoms with Gasteiger partial charge in [-0.2, -0.15) is 13.2 Å². The quantitative estimate of drug-likeness (QED) is 0.763. The van der Waals surface area contributed by atoms with Crippen LogP contribution in [-0.4, -0.2) is 24.5 Å². The lowest BCUT2D eigenvalue weighted by atomic mass is 9.88. The SMILES string of the molecule is CC(C)(C)CN1CCCC(c2c[c]cc(C(F)(F)F)c2)C1. The van der Waals surface area contributed by atoms with Crippen molar-refractivity contribution in [1.29, 1.82) is 0 Å². The van der Waals surface area contributed by atoms with Gasteiger partial charge in [-0.3, -0.25) is 0 Å². The molecule has 21 heavy (non-hydrogen) atoms. The van der Waals surface area contributed by atoms with Crippen LogP contribution in [0, 0.1) is 11.5 Å². The second kappa shape index (κ2) is 5.99. The molecule has 1 nitrogen and oxygen atoms in total. The minimum absolute atomic E-state index is 0.180. The van der Waals surface area contributed by atoms with E-state index in [-0.39, 0.29) is 11.3 Å². The number of likely N-dealkylation sites (tertiary alicyclic amines) is 1. The van der Waals surface area contributed by atoms with Crippen LogP contribution in [0.3, 0.4) is 0 Å². The first kappa shape index (κ1) is 16.3. The second-order valence-electron chi connectivity index (χ2n) is 7.19. The topological polar surface area (TPSA) is 3.24 Å². The van der Waals surface area contributed by atoms with Crippen molar-refractivity contribution in [1.82, 2.24) is 4.90 Å². The summed E-state index contributed by atoms with van der Waals surface area (Å²) < 4.78 is 38.4. The van der Waals surface area contributed by atoms with Crippen LogP contribution >= 0.6 is 0 Å². The third-order valence-corrected chi connectivity index (χ3v) is 3.81. The van der Waals surface area contributed by atoms with Gasteiger partial charge in [0, 0.05) is 13.1 Å². The van der Waals surface area contributed by atoms with Gasteiger partial charge in [0.2, 0.25) is 0 Å². The van der Waals surface area contributed by atoms with Gasteiger partial charge in [0.1, 0.15) is 0 Å². The molecule has 0 aliphatic carbocycles. The zero-order valence-corrected chi connectivity index (χ0v) is 12.9. The molecule has 1 aliphatic heterocycles. The molecule has 1 fully saturated rings. The molecule has 1 unspecified atom stereocenters. The zero-order chi connectivity index (χ0) is 15.7. The number of benzene rings is 1. The van der Waals surface area contributed by atoms with E-state index in [2.05, 4.69) is 31.7 Å². The molecule has 117 valence electrons. The molecular weight excluding hydrogens is 275 g/mol. The Morgan fingerprint density at radius 1 is 1.24 bits per heavy atom. The van der Waals surface area contributed by atoms with E-state index in [0.29, 0.717) is 0 Å². The van der Waals surface area contributed by atoms with Crippen molar-refractivity contribution < 1.29 is 13.2 Å². The minimum atomic E-state index is -4.29. The van der Waals surface area contributed by atoms with Crippen LogP contribution in [0.25, 0.3) is 0 Å². The van der Waals surface area contributed by atoms with E-state index in [0.717, 1.165) is 44.1 Å². The monoisotopic (exact) mass is 298 g/mol. The normalized spacial score (nSPS) is 21.5. The number of halogens is 3. The number of hydrogen-bond acceptors (Lipinski definition) is 1. The molecule has 0 amide bonds. The smallest absolute Gasteiger partial charge is 0.302 e. The molecule has 1 aliphatic rings. The Hall–Kier alpha value is -1.03. The van der Waals surface area contributed by atoms with Gasteiger partial charge >= 0.3 is 6.18 Å². The lowest BCUT2D eigenvalue weighted by Gasteiger charge is -2.37. The van der Waals surface area contributed by atoms with Crippen LogP contribution in [0.4, 0.5) is 13.2 Å². The highest BCUT2D eigenvalue weighted by Gasteiger charge is 2.32. The summed E-state index contributed by atoms with van der Waals surface area (Å²) in [4.78, 5) is 2.37. The summed E-state index contributed by atoms with van der Waals surface area (Å²) in [6.07, 6.45) is -2.29. The van der Waals surface area contributed by atoms with Gasteiger partial charge in [-0.1, -0.05) is 26.8 Å². The fraction of sp³-hybridized carbons (Fsp3) is 0.647. The van der Waals surface area contributed by atoms with Crippen molar-refractivity contribution in [2.75, 3.05) is 19.6 Å². The van der Waals surface area contributed by atoms with Gasteiger partial charge < -0.3 is 4.90 Å². The molecule has 1 saturated heterocycles. The number of rotatable bonds is 2. The molecule has 1 aromatic carbocycles. The van der Waals surface area contributed by atoms with Crippen molar-refractivity contribution in [3.05, 3.63) is 35.4 Å². The molecule has 1 atom stereocenters. The molecule has 2 rings (SSSR count). The van der Waals surface area contributed by atoms with Gasteiger partial charge in [-0.25, -0.2) is 0 Å². The van der Waals surface area contributed by atoms with Crippen LogP contribution < -0.4 is 0 Å². The first-order chi connectivity index (χ1) is 9.65. The molecule has 0 aromatic heterocycles. The molecule has 0 spiro atoms. The van der Waals surface area contributed by atoms with Crippen LogP contribution in [0.5, 0.6) is 0 Å². The predicted molar refractivity (Wildman–Crippen MR) is 78.2 cm³/mol. The van der Waals surface area contributed by atoms with Gasteiger partial charge in [-0.05, 0) is 54.5 Å². The highest BCUT2D eigenvalue weighted by Crippen LogP contribution is 2.34. The van der Waals surface area contributed by atoms with Gasteiger partial charge in [0.15, 0.2) is 0 Å². The third kappa shape index (κ3) is 4.73. The van der Waals surface area contributed by atoms with Crippen molar-refractivity contribution in [2.24, 2.45) is 5.41 Å². The van der Waals surface area contributed by atoms with Crippen LogP contribution in [-0.2, 0) is 6.18 Å². The summed E-state index contributed by atoms with van der Waals surface area (Å²) >= 11 is 0. The standard InChI is InChI=1S/C17H23F3N/c1-16(2,3)12-21-9-5-7-14(11-21)13-6-4-8-15(10-13)17(18,19)20/h6,8,10,14H,5,7,9,11-12H2,1-3H3. The third-order valence-electron chi connectivity index (χ3n) is 3.81. The fourth-order valence-corrected chi connectivity index (χ4v) is 3.03. The molecule has 4 heteroatoms. The Balaban J connectivity index is 2.11. The molecule has 1 aromatic rings. The number of nitrogens with zero attached hydrogens (tertiary/aromatic N) is 1. The van der Waals surface area contributed by atoms with Gasteiger partial charge in [0.25, 0.3) is 0 Å². The number of alkyl halides is 3. The van der Waals surface area contributed by atoms with Crippen molar-refractivity contribution in [2.45, 2.75) is 45.7 Å². The predicted octanol–water partition coefficient (Wildman–Crippen LogP) is 4.73. The maximum Gasteiger partial charge on any atom is 0.416 e. The van der Waals surface area contributed by atoms with Crippen LogP contribution in [0.2, 0.25) is 0 Å². The minimum Gasteiger partial charge on any atom is -0.302 e. The van der Waals surface area contributed by atoms with Gasteiger partial charge in [-0.15, -0.1) is 0 Å². The van der Waals surface area contributed by atoms with Crippen molar-refractivity contribution in [3.8, 4) is 0 Å². The van der Waals surface area contributed by atoms with E-state index >= 15 is 0 Å². The Morgan fingerprint density at radius 3 is 2.57 bits per heavy atom. The van der Waals surface area contributed by atoms with E-state index in [1.165, 1.54) is 6.07 Å². The first-order valence-electron chi connectivity index (χ1n) is 7.46. The van der Waals surface area contributed by atoms with E-state index in [1.54, 1.807) is 6.07 Å². The zero-order valence-electron chi connectivity index (χ0n) is 12.9. The summed E-state index contributed by atoms with van der Waals surface area (Å²) in [5.74, 6) is 0.180. The summed E-state index contributed by atoms with van der Waals surface area (Å²) in [7, 11) is 0. The maximum atomic E-state index is 12.8. The average Bonchev–Trinajstić information content (AvgIpc) is 2.36. The van der Waals surface area contributed by atoms with E-state index < -0.39 is 11.7 Å².